The summed E-state index contributed by atoms with van der Waals surface area (Å²) in [6.45, 7) is 4.70. The smallest absolute Gasteiger partial charge is 0.280 e. The van der Waals surface area contributed by atoms with Crippen LogP contribution in [0.25, 0.3) is 10.9 Å². The molecule has 0 aliphatic carbocycles. The second-order valence-corrected chi connectivity index (χ2v) is 7.26. The molecule has 3 N–H and O–H groups in total. The zero-order valence-corrected chi connectivity index (χ0v) is 18.2. The number of benzene rings is 2. The zero-order chi connectivity index (χ0) is 23.1. The van der Waals surface area contributed by atoms with Gasteiger partial charge in [-0.25, -0.2) is 5.43 Å². The van der Waals surface area contributed by atoms with Crippen LogP contribution < -0.4 is 15.7 Å². The third-order valence-corrected chi connectivity index (χ3v) is 5.02. The van der Waals surface area contributed by atoms with Crippen LogP contribution in [-0.4, -0.2) is 33.5 Å². The third kappa shape index (κ3) is 4.91. The summed E-state index contributed by atoms with van der Waals surface area (Å²) >= 11 is 0. The highest BCUT2D eigenvalue weighted by Gasteiger charge is 2.21. The Labute approximate surface area is 185 Å². The zero-order valence-electron chi connectivity index (χ0n) is 18.2. The minimum Gasteiger partial charge on any atom is -0.506 e. The molecular weight excluding hydrogens is 410 g/mol. The predicted octanol–water partition coefficient (Wildman–Crippen LogP) is 3.77. The molecule has 0 aliphatic rings. The number of unbranched alkanes of at least 4 members (excludes halogenated alkanes) is 2. The second kappa shape index (κ2) is 10.5. The normalized spacial score (nSPS) is 11.2. The Morgan fingerprint density at radius 2 is 1.94 bits per heavy atom. The van der Waals surface area contributed by atoms with Crippen molar-refractivity contribution in [1.82, 2.24) is 9.99 Å². The first-order valence-electron chi connectivity index (χ1n) is 10.6. The molecule has 3 aromatic rings. The molecule has 0 aliphatic heterocycles. The van der Waals surface area contributed by atoms with E-state index in [0.717, 1.165) is 19.3 Å². The lowest BCUT2D eigenvalue weighted by Gasteiger charge is -2.14. The lowest BCUT2D eigenvalue weighted by molar-refractivity contribution is 0.0950. The molecule has 1 aromatic heterocycles. The number of fused-ring (bicyclic) bond motifs is 1. The van der Waals surface area contributed by atoms with Gasteiger partial charge in [0, 0.05) is 11.9 Å². The number of aryl methyl sites for hydroxylation is 1. The van der Waals surface area contributed by atoms with E-state index < -0.39 is 11.5 Å². The van der Waals surface area contributed by atoms with Crippen LogP contribution in [0, 0.1) is 0 Å². The average Bonchev–Trinajstić information content (AvgIpc) is 2.78. The maximum absolute atomic E-state index is 13.1. The first-order chi connectivity index (χ1) is 15.5. The fraction of sp³-hybridized carbons (Fsp3) is 0.292. The SMILES string of the molecule is CCCCCn1c(=O)c(C(=O)NN=Cc2ccc(O)c(OCC)c2)c(O)c2ccccc21. The van der Waals surface area contributed by atoms with E-state index in [1.807, 2.05) is 0 Å². The maximum atomic E-state index is 13.1. The predicted molar refractivity (Wildman–Crippen MR) is 124 cm³/mol. The van der Waals surface area contributed by atoms with Gasteiger partial charge in [0.1, 0.15) is 11.3 Å². The van der Waals surface area contributed by atoms with Crippen molar-refractivity contribution in [2.24, 2.45) is 5.10 Å². The highest BCUT2D eigenvalue weighted by molar-refractivity contribution is 6.02. The topological polar surface area (TPSA) is 113 Å². The summed E-state index contributed by atoms with van der Waals surface area (Å²) in [5.41, 5.74) is 2.55. The number of rotatable bonds is 9. The van der Waals surface area contributed by atoms with Crippen molar-refractivity contribution in [2.75, 3.05) is 6.61 Å². The second-order valence-electron chi connectivity index (χ2n) is 7.26. The van der Waals surface area contributed by atoms with Crippen molar-refractivity contribution < 1.29 is 19.7 Å². The van der Waals surface area contributed by atoms with Gasteiger partial charge in [0.25, 0.3) is 11.5 Å². The molecule has 3 rings (SSSR count). The van der Waals surface area contributed by atoms with Crippen molar-refractivity contribution >= 4 is 23.0 Å². The summed E-state index contributed by atoms with van der Waals surface area (Å²) in [6, 6.07) is 11.6. The number of ether oxygens (including phenoxy) is 1. The van der Waals surface area contributed by atoms with Gasteiger partial charge in [-0.3, -0.25) is 9.59 Å². The molecule has 0 unspecified atom stereocenters. The number of phenols is 1. The Bertz CT molecular complexity index is 1200. The number of aromatic nitrogens is 1. The quantitative estimate of drug-likeness (QED) is 0.268. The van der Waals surface area contributed by atoms with Gasteiger partial charge in [-0.05, 0) is 49.2 Å². The molecule has 0 saturated carbocycles. The highest BCUT2D eigenvalue weighted by atomic mass is 16.5. The summed E-state index contributed by atoms with van der Waals surface area (Å²) in [5, 5.41) is 24.8. The molecule has 0 saturated heterocycles. The molecule has 0 spiro atoms. The van der Waals surface area contributed by atoms with Crippen LogP contribution in [0.15, 0.2) is 52.4 Å². The molecule has 8 nitrogen and oxygen atoms in total. The monoisotopic (exact) mass is 437 g/mol. The van der Waals surface area contributed by atoms with Crippen molar-refractivity contribution in [3.05, 3.63) is 63.9 Å². The Morgan fingerprint density at radius 1 is 1.16 bits per heavy atom. The van der Waals surface area contributed by atoms with Gasteiger partial charge in [0.15, 0.2) is 11.5 Å². The molecule has 1 heterocycles. The summed E-state index contributed by atoms with van der Waals surface area (Å²) in [4.78, 5) is 25.8. The number of nitrogens with zero attached hydrogens (tertiary/aromatic N) is 2. The minimum atomic E-state index is -0.803. The summed E-state index contributed by atoms with van der Waals surface area (Å²) in [5.74, 6) is -0.876. The number of pyridine rings is 1. The van der Waals surface area contributed by atoms with Crippen molar-refractivity contribution in [2.45, 2.75) is 39.7 Å². The molecule has 2 aromatic carbocycles. The molecule has 0 atom stereocenters. The van der Waals surface area contributed by atoms with Gasteiger partial charge in [-0.15, -0.1) is 0 Å². The van der Waals surface area contributed by atoms with E-state index in [4.69, 9.17) is 4.74 Å². The molecule has 0 radical (unpaired) electrons. The standard InChI is InChI=1S/C24H27N3O5/c1-3-5-8-13-27-18-10-7-6-9-17(18)22(29)21(24(27)31)23(30)26-25-15-16-11-12-19(28)20(14-16)32-4-2/h6-7,9-12,14-15,28-29H,3-5,8,13H2,1-2H3,(H,26,30). The molecule has 1 amide bonds. The van der Waals surface area contributed by atoms with Crippen LogP contribution in [0.3, 0.4) is 0 Å². The van der Waals surface area contributed by atoms with Crippen molar-refractivity contribution in [3.63, 3.8) is 0 Å². The number of hydrogen-bond acceptors (Lipinski definition) is 6. The first-order valence-corrected chi connectivity index (χ1v) is 10.6. The van der Waals surface area contributed by atoms with Crippen LogP contribution in [0.5, 0.6) is 17.2 Å². The molecule has 8 heteroatoms. The number of hydrogen-bond donors (Lipinski definition) is 3. The number of carbonyl (C=O) groups excluding carboxylic acids is 1. The van der Waals surface area contributed by atoms with Gasteiger partial charge in [0.2, 0.25) is 0 Å². The average molecular weight is 437 g/mol. The van der Waals surface area contributed by atoms with Crippen LogP contribution in [0.2, 0.25) is 0 Å². The lowest BCUT2D eigenvalue weighted by atomic mass is 10.1. The van der Waals surface area contributed by atoms with E-state index in [0.29, 0.717) is 35.4 Å². The summed E-state index contributed by atoms with van der Waals surface area (Å²) in [6.07, 6.45) is 4.09. The van der Waals surface area contributed by atoms with E-state index in [2.05, 4.69) is 17.5 Å². The van der Waals surface area contributed by atoms with Crippen LogP contribution in [0.4, 0.5) is 0 Å². The van der Waals surface area contributed by atoms with Gasteiger partial charge in [0.05, 0.1) is 18.3 Å². The van der Waals surface area contributed by atoms with E-state index in [1.54, 1.807) is 43.3 Å². The number of para-hydroxylation sites is 1. The van der Waals surface area contributed by atoms with Crippen LogP contribution in [0.1, 0.15) is 49.0 Å². The van der Waals surface area contributed by atoms with Gasteiger partial charge < -0.3 is 19.5 Å². The minimum absolute atomic E-state index is 0.00209. The maximum Gasteiger partial charge on any atom is 0.280 e. The third-order valence-electron chi connectivity index (χ3n) is 5.02. The Morgan fingerprint density at radius 3 is 2.69 bits per heavy atom. The molecule has 32 heavy (non-hydrogen) atoms. The Balaban J connectivity index is 1.90. The van der Waals surface area contributed by atoms with Crippen molar-refractivity contribution in [1.29, 1.82) is 0 Å². The number of carbonyl (C=O) groups is 1. The molecule has 0 fully saturated rings. The molecule has 0 bridgehead atoms. The van der Waals surface area contributed by atoms with E-state index in [9.17, 15) is 19.8 Å². The summed E-state index contributed by atoms with van der Waals surface area (Å²) in [7, 11) is 0. The fourth-order valence-electron chi connectivity index (χ4n) is 3.44. The van der Waals surface area contributed by atoms with Crippen LogP contribution >= 0.6 is 0 Å². The van der Waals surface area contributed by atoms with E-state index >= 15 is 0 Å². The summed E-state index contributed by atoms with van der Waals surface area (Å²) < 4.78 is 6.85. The number of phenolic OH excluding ortho intramolecular Hbond substituents is 1. The molecule has 168 valence electrons. The van der Waals surface area contributed by atoms with E-state index in [-0.39, 0.29) is 17.1 Å². The number of aromatic hydroxyl groups is 2. The Kier molecular flexibility index (Phi) is 7.49. The Hall–Kier alpha value is -3.81. The van der Waals surface area contributed by atoms with Gasteiger partial charge in [-0.1, -0.05) is 31.9 Å². The largest absolute Gasteiger partial charge is 0.506 e. The van der Waals surface area contributed by atoms with Gasteiger partial charge >= 0.3 is 0 Å². The van der Waals surface area contributed by atoms with Gasteiger partial charge in [-0.2, -0.15) is 5.10 Å². The number of hydrazone groups is 1. The number of amides is 1. The van der Waals surface area contributed by atoms with Crippen molar-refractivity contribution in [3.8, 4) is 17.2 Å². The highest BCUT2D eigenvalue weighted by Crippen LogP contribution is 2.27. The fourth-order valence-corrected chi connectivity index (χ4v) is 3.44. The first kappa shape index (κ1) is 22.9. The number of nitrogens with one attached hydrogen (secondary N) is 1. The molecular formula is C24H27N3O5. The van der Waals surface area contributed by atoms with E-state index in [1.165, 1.54) is 16.8 Å². The van der Waals surface area contributed by atoms with Crippen LogP contribution in [-0.2, 0) is 6.54 Å². The lowest BCUT2D eigenvalue weighted by Crippen LogP contribution is -2.31.